The van der Waals surface area contributed by atoms with Crippen LogP contribution in [-0.4, -0.2) is 113 Å². The van der Waals surface area contributed by atoms with E-state index in [4.69, 9.17) is 10.5 Å². The number of likely N-dealkylation sites (N-methyl/N-ethyl adjacent to an activating group) is 1. The van der Waals surface area contributed by atoms with Crippen LogP contribution in [0.15, 0.2) is 24.3 Å². The van der Waals surface area contributed by atoms with E-state index in [0.717, 1.165) is 50.6 Å². The lowest BCUT2D eigenvalue weighted by atomic mass is 10.0. The number of piperazine rings is 1. The van der Waals surface area contributed by atoms with Crippen molar-refractivity contribution in [3.05, 3.63) is 35.7 Å². The number of anilines is 3. The largest absolute Gasteiger partial charge is 0.471 e. The summed E-state index contributed by atoms with van der Waals surface area (Å²) in [6.07, 6.45) is 2.08. The number of piperidine rings is 1. The number of hydrogen-bond acceptors (Lipinski definition) is 9. The first-order valence-corrected chi connectivity index (χ1v) is 14.2. The van der Waals surface area contributed by atoms with Crippen molar-refractivity contribution in [3.8, 4) is 5.88 Å². The summed E-state index contributed by atoms with van der Waals surface area (Å²) in [5.74, 6) is -0.186. The summed E-state index contributed by atoms with van der Waals surface area (Å²) in [5.41, 5.74) is 8.10. The van der Waals surface area contributed by atoms with Gasteiger partial charge in [-0.05, 0) is 50.6 Å². The zero-order valence-corrected chi connectivity index (χ0v) is 23.4. The number of aryl methyl sites for hydroxylation is 1. The van der Waals surface area contributed by atoms with Crippen molar-refractivity contribution in [3.63, 3.8) is 0 Å². The highest BCUT2D eigenvalue weighted by Crippen LogP contribution is 2.28. The lowest BCUT2D eigenvalue weighted by Gasteiger charge is -2.42. The molecule has 0 bridgehead atoms. The second kappa shape index (κ2) is 12.3. The summed E-state index contributed by atoms with van der Waals surface area (Å²) in [6, 6.07) is 8.74. The van der Waals surface area contributed by atoms with Crippen LogP contribution in [0, 0.1) is 0 Å². The van der Waals surface area contributed by atoms with Crippen molar-refractivity contribution in [1.29, 1.82) is 0 Å². The van der Waals surface area contributed by atoms with Crippen LogP contribution >= 0.6 is 0 Å². The zero-order valence-electron chi connectivity index (χ0n) is 23.4. The number of amides is 2. The number of carboxylic acid groups (broad SMARTS) is 1. The fraction of sp³-hybridized carbons (Fsp3) is 0.571. The molecule has 4 heterocycles. The summed E-state index contributed by atoms with van der Waals surface area (Å²) in [5, 5.41) is 12.4. The second-order valence-corrected chi connectivity index (χ2v) is 10.9. The maximum absolute atomic E-state index is 12.2. The number of rotatable bonds is 8. The van der Waals surface area contributed by atoms with E-state index in [-0.39, 0.29) is 30.0 Å². The van der Waals surface area contributed by atoms with Crippen molar-refractivity contribution in [2.45, 2.75) is 44.8 Å². The van der Waals surface area contributed by atoms with Gasteiger partial charge in [0.15, 0.2) is 11.5 Å². The topological polar surface area (TPSA) is 140 Å². The van der Waals surface area contributed by atoms with E-state index in [1.54, 1.807) is 0 Å². The van der Waals surface area contributed by atoms with Gasteiger partial charge in [0.1, 0.15) is 11.8 Å². The summed E-state index contributed by atoms with van der Waals surface area (Å²) < 4.78 is 6.06. The van der Waals surface area contributed by atoms with E-state index >= 15 is 0 Å². The highest BCUT2D eigenvalue weighted by Gasteiger charge is 2.30. The third-order valence-electron chi connectivity index (χ3n) is 8.21. The molecule has 1 aromatic carbocycles. The zero-order chi connectivity index (χ0) is 28.2. The number of primary amides is 1. The molecular formula is C28H40N8O4. The Bertz CT molecular complexity index is 1190. The predicted molar refractivity (Wildman–Crippen MR) is 153 cm³/mol. The Hall–Kier alpha value is -3.64. The number of carbonyl (C=O) groups is 2. The molecule has 3 aliphatic heterocycles. The van der Waals surface area contributed by atoms with E-state index < -0.39 is 12.0 Å². The first-order chi connectivity index (χ1) is 19.3. The number of ether oxygens (including phenoxy) is 1. The van der Waals surface area contributed by atoms with Gasteiger partial charge in [0, 0.05) is 69.7 Å². The van der Waals surface area contributed by atoms with Crippen LogP contribution in [0.25, 0.3) is 0 Å². The Balaban J connectivity index is 1.24. The standard InChI is InChI=1S/C28H40N8O4/c1-3-23-27(40-22-10-13-36(18-22)28(38)39)32-26(24(31-23)25(29)37)30-19-4-6-20(7-5-19)34-11-8-21(9-12-34)35-16-14-33(2)15-17-35/h4-7,21-22H,3,8-18H2,1-2H3,(H2,29,37)(H,30,32)(H,38,39)/t22-/m1/s1. The van der Waals surface area contributed by atoms with Gasteiger partial charge in [0.05, 0.1) is 6.54 Å². The van der Waals surface area contributed by atoms with Crippen LogP contribution < -0.4 is 20.7 Å². The van der Waals surface area contributed by atoms with Crippen LogP contribution in [0.2, 0.25) is 0 Å². The third kappa shape index (κ3) is 6.39. The maximum atomic E-state index is 12.2. The SMILES string of the molecule is CCc1nc(C(N)=O)c(Nc2ccc(N3CCC(N4CCN(C)CC4)CC3)cc2)nc1O[C@@H]1CCN(C(=O)O)C1. The molecule has 0 saturated carbocycles. The molecule has 0 spiro atoms. The average Bonchev–Trinajstić information content (AvgIpc) is 3.43. The van der Waals surface area contributed by atoms with Crippen molar-refractivity contribution < 1.29 is 19.4 Å². The van der Waals surface area contributed by atoms with Gasteiger partial charge in [-0.2, -0.15) is 4.98 Å². The summed E-state index contributed by atoms with van der Waals surface area (Å²) in [7, 11) is 2.19. The average molecular weight is 553 g/mol. The van der Waals surface area contributed by atoms with Crippen LogP contribution in [0.5, 0.6) is 5.88 Å². The molecule has 4 N–H and O–H groups in total. The molecule has 3 saturated heterocycles. The number of nitrogens with one attached hydrogen (secondary N) is 1. The number of hydrogen-bond donors (Lipinski definition) is 3. The first-order valence-electron chi connectivity index (χ1n) is 14.2. The number of nitrogens with zero attached hydrogens (tertiary/aromatic N) is 6. The smallest absolute Gasteiger partial charge is 0.407 e. The fourth-order valence-electron chi connectivity index (χ4n) is 5.76. The maximum Gasteiger partial charge on any atom is 0.407 e. The van der Waals surface area contributed by atoms with Gasteiger partial charge < -0.3 is 35.6 Å². The Morgan fingerprint density at radius 2 is 1.73 bits per heavy atom. The van der Waals surface area contributed by atoms with Gasteiger partial charge in [-0.15, -0.1) is 0 Å². The predicted octanol–water partition coefficient (Wildman–Crippen LogP) is 2.23. The molecule has 12 nitrogen and oxygen atoms in total. The summed E-state index contributed by atoms with van der Waals surface area (Å²) >= 11 is 0. The van der Waals surface area contributed by atoms with Gasteiger partial charge in [0.25, 0.3) is 5.91 Å². The molecular weight excluding hydrogens is 512 g/mol. The van der Waals surface area contributed by atoms with Gasteiger partial charge in [-0.1, -0.05) is 6.92 Å². The van der Waals surface area contributed by atoms with Crippen LogP contribution in [-0.2, 0) is 6.42 Å². The molecule has 40 heavy (non-hydrogen) atoms. The van der Waals surface area contributed by atoms with Crippen molar-refractivity contribution >= 4 is 29.2 Å². The number of benzene rings is 1. The molecule has 12 heteroatoms. The summed E-state index contributed by atoms with van der Waals surface area (Å²) in [4.78, 5) is 41.3. The Kier molecular flexibility index (Phi) is 8.55. The lowest BCUT2D eigenvalue weighted by Crippen LogP contribution is -2.52. The molecule has 3 fully saturated rings. The number of carbonyl (C=O) groups excluding carboxylic acids is 1. The van der Waals surface area contributed by atoms with E-state index in [1.165, 1.54) is 17.7 Å². The van der Waals surface area contributed by atoms with E-state index in [2.05, 4.69) is 49.2 Å². The number of likely N-dealkylation sites (tertiary alicyclic amines) is 1. The van der Waals surface area contributed by atoms with Gasteiger partial charge in [0.2, 0.25) is 5.88 Å². The lowest BCUT2D eigenvalue weighted by molar-refractivity contribution is 0.0982. The molecule has 1 aromatic heterocycles. The Labute approximate surface area is 235 Å². The minimum Gasteiger partial charge on any atom is -0.471 e. The fourth-order valence-corrected chi connectivity index (χ4v) is 5.76. The molecule has 2 amide bonds. The molecule has 3 aliphatic rings. The highest BCUT2D eigenvalue weighted by molar-refractivity contribution is 5.96. The molecule has 216 valence electrons. The number of nitrogens with two attached hydrogens (primary N) is 1. The van der Waals surface area contributed by atoms with Gasteiger partial charge in [-0.3, -0.25) is 9.69 Å². The van der Waals surface area contributed by atoms with Gasteiger partial charge in [-0.25, -0.2) is 9.78 Å². The van der Waals surface area contributed by atoms with Crippen molar-refractivity contribution in [2.75, 3.05) is 69.6 Å². The minimum atomic E-state index is -0.970. The quantitative estimate of drug-likeness (QED) is 0.447. The molecule has 0 unspecified atom stereocenters. The monoisotopic (exact) mass is 552 g/mol. The van der Waals surface area contributed by atoms with E-state index in [0.29, 0.717) is 31.1 Å². The molecule has 1 atom stereocenters. The van der Waals surface area contributed by atoms with Crippen LogP contribution in [0.1, 0.15) is 42.4 Å². The molecule has 0 aliphatic carbocycles. The van der Waals surface area contributed by atoms with Crippen molar-refractivity contribution in [1.82, 2.24) is 24.7 Å². The van der Waals surface area contributed by atoms with Crippen molar-refractivity contribution in [2.24, 2.45) is 5.73 Å². The minimum absolute atomic E-state index is 0.0397. The Morgan fingerprint density at radius 3 is 2.33 bits per heavy atom. The normalized spacial score (nSPS) is 21.0. The highest BCUT2D eigenvalue weighted by atomic mass is 16.5. The van der Waals surface area contributed by atoms with E-state index in [9.17, 15) is 14.7 Å². The molecule has 0 radical (unpaired) electrons. The Morgan fingerprint density at radius 1 is 1.02 bits per heavy atom. The second-order valence-electron chi connectivity index (χ2n) is 10.9. The van der Waals surface area contributed by atoms with Crippen LogP contribution in [0.4, 0.5) is 22.0 Å². The van der Waals surface area contributed by atoms with E-state index in [1.807, 2.05) is 19.1 Å². The molecule has 5 rings (SSSR count). The third-order valence-corrected chi connectivity index (χ3v) is 8.21. The molecule has 2 aromatic rings. The van der Waals surface area contributed by atoms with Gasteiger partial charge >= 0.3 is 6.09 Å². The summed E-state index contributed by atoms with van der Waals surface area (Å²) in [6.45, 7) is 9.22. The first kappa shape index (κ1) is 27.9. The van der Waals surface area contributed by atoms with Crippen LogP contribution in [0.3, 0.4) is 0 Å². The number of aromatic nitrogens is 2.